The normalized spacial score (nSPS) is 13.8. The van der Waals surface area contributed by atoms with E-state index in [4.69, 9.17) is 9.47 Å². The molecule has 4 rings (SSSR count). The molecular weight excluding hydrogens is 424 g/mol. The Kier molecular flexibility index (Phi) is 6.30. The monoisotopic (exact) mass is 450 g/mol. The Balaban J connectivity index is 1.44. The Morgan fingerprint density at radius 3 is 2.09 bits per heavy atom. The van der Waals surface area contributed by atoms with Gasteiger partial charge in [0.15, 0.2) is 0 Å². The summed E-state index contributed by atoms with van der Waals surface area (Å²) >= 11 is 0. The molecule has 1 aliphatic heterocycles. The van der Waals surface area contributed by atoms with Crippen molar-refractivity contribution >= 4 is 22.6 Å². The van der Waals surface area contributed by atoms with Crippen LogP contribution in [0.25, 0.3) is 10.8 Å². The molecule has 0 radical (unpaired) electrons. The summed E-state index contributed by atoms with van der Waals surface area (Å²) in [7, 11) is 4.66. The largest absolute Gasteiger partial charge is 0.497 e. The number of ether oxygens (including phenoxy) is 2. The van der Waals surface area contributed by atoms with E-state index in [1.165, 1.54) is 18.9 Å². The van der Waals surface area contributed by atoms with Gasteiger partial charge in [-0.2, -0.15) is 5.10 Å². The first-order valence-electron chi connectivity index (χ1n) is 10.7. The number of aryl methyl sites for hydroxylation is 1. The van der Waals surface area contributed by atoms with E-state index in [-0.39, 0.29) is 23.8 Å². The number of hydrogen-bond donors (Lipinski definition) is 0. The van der Waals surface area contributed by atoms with Crippen LogP contribution in [0.2, 0.25) is 0 Å². The van der Waals surface area contributed by atoms with Gasteiger partial charge in [-0.15, -0.1) is 0 Å². The molecule has 1 fully saturated rings. The van der Waals surface area contributed by atoms with Crippen LogP contribution in [0.4, 0.5) is 0 Å². The van der Waals surface area contributed by atoms with E-state index in [2.05, 4.69) is 5.10 Å². The first-order valence-corrected chi connectivity index (χ1v) is 10.7. The Morgan fingerprint density at radius 1 is 0.909 bits per heavy atom. The van der Waals surface area contributed by atoms with Gasteiger partial charge in [-0.25, -0.2) is 4.68 Å². The van der Waals surface area contributed by atoms with Crippen molar-refractivity contribution < 1.29 is 19.1 Å². The van der Waals surface area contributed by atoms with Crippen LogP contribution in [0, 0.1) is 0 Å². The highest BCUT2D eigenvalue weighted by molar-refractivity contribution is 5.95. The third-order valence-electron chi connectivity index (χ3n) is 5.87. The summed E-state index contributed by atoms with van der Waals surface area (Å²) in [4.78, 5) is 41.7. The first-order chi connectivity index (χ1) is 15.9. The third-order valence-corrected chi connectivity index (χ3v) is 5.87. The van der Waals surface area contributed by atoms with Gasteiger partial charge in [0.2, 0.25) is 5.91 Å². The number of methoxy groups -OCH3 is 2. The van der Waals surface area contributed by atoms with Gasteiger partial charge in [0.1, 0.15) is 11.5 Å². The van der Waals surface area contributed by atoms with E-state index in [0.29, 0.717) is 59.7 Å². The minimum atomic E-state index is -0.192. The maximum absolute atomic E-state index is 13.0. The predicted octanol–water partition coefficient (Wildman–Crippen LogP) is 1.48. The highest BCUT2D eigenvalue weighted by Gasteiger charge is 2.26. The lowest BCUT2D eigenvalue weighted by Crippen LogP contribution is -2.51. The number of fused-ring (bicyclic) bond motifs is 1. The lowest BCUT2D eigenvalue weighted by Gasteiger charge is -2.35. The van der Waals surface area contributed by atoms with Gasteiger partial charge in [-0.3, -0.25) is 14.4 Å². The van der Waals surface area contributed by atoms with Crippen molar-refractivity contribution in [3.63, 3.8) is 0 Å². The van der Waals surface area contributed by atoms with E-state index in [1.807, 2.05) is 12.1 Å². The van der Waals surface area contributed by atoms with E-state index in [1.54, 1.807) is 47.2 Å². The van der Waals surface area contributed by atoms with Gasteiger partial charge >= 0.3 is 0 Å². The van der Waals surface area contributed by atoms with Gasteiger partial charge in [0.25, 0.3) is 11.5 Å². The standard InChI is InChI=1S/C24H26N4O5/c1-26-24(31)20-7-5-4-6-19(20)21(25-26)15-22(29)27-8-10-28(11-9-27)23(30)16-12-17(32-2)14-18(13-16)33-3/h4-7,12-14H,8-11,15H2,1-3H3. The van der Waals surface area contributed by atoms with E-state index >= 15 is 0 Å². The van der Waals surface area contributed by atoms with Crippen molar-refractivity contribution in [2.45, 2.75) is 6.42 Å². The highest BCUT2D eigenvalue weighted by Crippen LogP contribution is 2.24. The molecule has 0 unspecified atom stereocenters. The Labute approximate surface area is 191 Å². The molecule has 172 valence electrons. The zero-order valence-electron chi connectivity index (χ0n) is 18.9. The van der Waals surface area contributed by atoms with Crippen molar-refractivity contribution in [1.29, 1.82) is 0 Å². The predicted molar refractivity (Wildman–Crippen MR) is 123 cm³/mol. The molecule has 2 heterocycles. The second kappa shape index (κ2) is 9.32. The summed E-state index contributed by atoms with van der Waals surface area (Å²) in [6, 6.07) is 12.2. The van der Waals surface area contributed by atoms with Crippen molar-refractivity contribution in [2.75, 3.05) is 40.4 Å². The molecule has 1 aromatic heterocycles. The number of piperazine rings is 1. The number of hydrogen-bond acceptors (Lipinski definition) is 6. The van der Waals surface area contributed by atoms with Crippen LogP contribution in [0.3, 0.4) is 0 Å². The fourth-order valence-corrected chi connectivity index (χ4v) is 4.03. The SMILES string of the molecule is COc1cc(OC)cc(C(=O)N2CCN(C(=O)Cc3nn(C)c(=O)c4ccccc34)CC2)c1. The molecule has 0 aliphatic carbocycles. The van der Waals surface area contributed by atoms with Crippen molar-refractivity contribution in [3.05, 3.63) is 64.1 Å². The molecule has 2 aromatic carbocycles. The molecule has 2 amide bonds. The summed E-state index contributed by atoms with van der Waals surface area (Å²) in [5.74, 6) is 0.874. The van der Waals surface area contributed by atoms with Crippen LogP contribution >= 0.6 is 0 Å². The molecule has 3 aromatic rings. The van der Waals surface area contributed by atoms with Gasteiger partial charge in [0, 0.05) is 50.2 Å². The summed E-state index contributed by atoms with van der Waals surface area (Å²) in [6.45, 7) is 1.70. The second-order valence-electron chi connectivity index (χ2n) is 7.87. The van der Waals surface area contributed by atoms with Crippen LogP contribution in [-0.4, -0.2) is 71.8 Å². The molecule has 0 bridgehead atoms. The molecule has 1 saturated heterocycles. The van der Waals surface area contributed by atoms with Crippen LogP contribution in [0.5, 0.6) is 11.5 Å². The summed E-state index contributed by atoms with van der Waals surface area (Å²) < 4.78 is 11.8. The Bertz CT molecular complexity index is 1240. The average molecular weight is 450 g/mol. The van der Waals surface area contributed by atoms with Crippen LogP contribution < -0.4 is 15.0 Å². The Morgan fingerprint density at radius 2 is 1.48 bits per heavy atom. The average Bonchev–Trinajstić information content (AvgIpc) is 2.86. The number of aromatic nitrogens is 2. The minimum Gasteiger partial charge on any atom is -0.497 e. The molecule has 0 N–H and O–H groups in total. The molecule has 9 heteroatoms. The second-order valence-corrected chi connectivity index (χ2v) is 7.87. The zero-order chi connectivity index (χ0) is 23.5. The van der Waals surface area contributed by atoms with Gasteiger partial charge < -0.3 is 19.3 Å². The van der Waals surface area contributed by atoms with Crippen LogP contribution in [0.1, 0.15) is 16.1 Å². The number of benzene rings is 2. The molecule has 0 atom stereocenters. The van der Waals surface area contributed by atoms with E-state index in [0.717, 1.165) is 0 Å². The highest BCUT2D eigenvalue weighted by atomic mass is 16.5. The summed E-state index contributed by atoms with van der Waals surface area (Å²) in [6.07, 6.45) is 0.0929. The lowest BCUT2D eigenvalue weighted by molar-refractivity contribution is -0.132. The zero-order valence-corrected chi connectivity index (χ0v) is 18.9. The first kappa shape index (κ1) is 22.3. The molecule has 33 heavy (non-hydrogen) atoms. The molecule has 0 saturated carbocycles. The maximum atomic E-state index is 13.0. The number of amides is 2. The summed E-state index contributed by atoms with van der Waals surface area (Å²) in [5.41, 5.74) is 0.856. The Hall–Kier alpha value is -3.88. The molecule has 1 aliphatic rings. The van der Waals surface area contributed by atoms with Crippen LogP contribution in [0.15, 0.2) is 47.3 Å². The summed E-state index contributed by atoms with van der Waals surface area (Å²) in [5, 5.41) is 5.55. The van der Waals surface area contributed by atoms with Gasteiger partial charge in [0.05, 0.1) is 31.7 Å². The quantitative estimate of drug-likeness (QED) is 0.585. The molecule has 9 nitrogen and oxygen atoms in total. The lowest BCUT2D eigenvalue weighted by atomic mass is 10.1. The maximum Gasteiger partial charge on any atom is 0.274 e. The van der Waals surface area contributed by atoms with Crippen molar-refractivity contribution in [3.8, 4) is 11.5 Å². The van der Waals surface area contributed by atoms with E-state index < -0.39 is 0 Å². The van der Waals surface area contributed by atoms with Gasteiger partial charge in [-0.1, -0.05) is 18.2 Å². The van der Waals surface area contributed by atoms with Crippen molar-refractivity contribution in [2.24, 2.45) is 7.05 Å². The van der Waals surface area contributed by atoms with Crippen molar-refractivity contribution in [1.82, 2.24) is 19.6 Å². The van der Waals surface area contributed by atoms with E-state index in [9.17, 15) is 14.4 Å². The number of nitrogens with zero attached hydrogens (tertiary/aromatic N) is 4. The number of carbonyl (C=O) groups excluding carboxylic acids is 2. The minimum absolute atomic E-state index is 0.0820. The smallest absolute Gasteiger partial charge is 0.274 e. The molecular formula is C24H26N4O5. The number of rotatable bonds is 5. The van der Waals surface area contributed by atoms with Gasteiger partial charge in [-0.05, 0) is 18.2 Å². The molecule has 0 spiro atoms. The fraction of sp³-hybridized carbons (Fsp3) is 0.333. The fourth-order valence-electron chi connectivity index (χ4n) is 4.03. The third kappa shape index (κ3) is 4.52. The van der Waals surface area contributed by atoms with Crippen LogP contribution in [-0.2, 0) is 18.3 Å². The topological polar surface area (TPSA) is 94.0 Å². The number of carbonyl (C=O) groups is 2.